The number of nitrogens with zero attached hydrogens (tertiary/aromatic N) is 2. The Morgan fingerprint density at radius 1 is 1.56 bits per heavy atom. The third kappa shape index (κ3) is 2.35. The average Bonchev–Trinajstić information content (AvgIpc) is 2.72. The number of rotatable bonds is 3. The van der Waals surface area contributed by atoms with E-state index in [-0.39, 0.29) is 11.9 Å². The minimum absolute atomic E-state index is 0.0293. The van der Waals surface area contributed by atoms with Gasteiger partial charge in [0, 0.05) is 12.6 Å². The van der Waals surface area contributed by atoms with E-state index in [1.165, 1.54) is 6.42 Å². The second kappa shape index (κ2) is 5.42. The van der Waals surface area contributed by atoms with Gasteiger partial charge in [-0.2, -0.15) is 5.10 Å². The molecule has 0 spiro atoms. The van der Waals surface area contributed by atoms with E-state index in [1.54, 1.807) is 0 Å². The normalized spacial score (nSPS) is 20.1. The Kier molecular flexibility index (Phi) is 3.89. The molecule has 5 nitrogen and oxygen atoms in total. The Balaban J connectivity index is 2.17. The fraction of sp³-hybridized carbons (Fsp3) is 0.692. The lowest BCUT2D eigenvalue weighted by molar-refractivity contribution is 0.0630. The summed E-state index contributed by atoms with van der Waals surface area (Å²) >= 11 is 0. The number of hydrogen-bond acceptors (Lipinski definition) is 3. The van der Waals surface area contributed by atoms with Gasteiger partial charge in [0.1, 0.15) is 0 Å². The molecule has 1 atom stereocenters. The van der Waals surface area contributed by atoms with Crippen LogP contribution in [0.15, 0.2) is 0 Å². The first-order chi connectivity index (χ1) is 8.65. The summed E-state index contributed by atoms with van der Waals surface area (Å²) in [6.45, 7) is 4.98. The van der Waals surface area contributed by atoms with Gasteiger partial charge in [-0.3, -0.25) is 9.89 Å². The van der Waals surface area contributed by atoms with Crippen molar-refractivity contribution in [2.24, 2.45) is 0 Å². The highest BCUT2D eigenvalue weighted by molar-refractivity contribution is 5.97. The number of hydrogen-bond donors (Lipinski definition) is 2. The van der Waals surface area contributed by atoms with Crippen LogP contribution in [0.5, 0.6) is 0 Å². The number of aromatic nitrogens is 2. The van der Waals surface area contributed by atoms with Crippen LogP contribution in [-0.2, 0) is 6.42 Å². The number of anilines is 1. The van der Waals surface area contributed by atoms with Crippen LogP contribution in [0, 0.1) is 0 Å². The second-order valence-corrected chi connectivity index (χ2v) is 5.06. The first-order valence-electron chi connectivity index (χ1n) is 6.78. The van der Waals surface area contributed by atoms with Crippen LogP contribution in [0.4, 0.5) is 5.69 Å². The molecular weight excluding hydrogens is 228 g/mol. The molecule has 0 aromatic carbocycles. The molecule has 1 saturated heterocycles. The monoisotopic (exact) mass is 250 g/mol. The van der Waals surface area contributed by atoms with Crippen LogP contribution in [0.3, 0.4) is 0 Å². The van der Waals surface area contributed by atoms with Crippen LogP contribution in [0.25, 0.3) is 0 Å². The fourth-order valence-electron chi connectivity index (χ4n) is 2.53. The van der Waals surface area contributed by atoms with Gasteiger partial charge in [0.15, 0.2) is 5.69 Å². The summed E-state index contributed by atoms with van der Waals surface area (Å²) in [6, 6.07) is 0.289. The predicted molar refractivity (Wildman–Crippen MR) is 71.3 cm³/mol. The molecule has 1 fully saturated rings. The number of aromatic amines is 1. The molecule has 2 rings (SSSR count). The quantitative estimate of drug-likeness (QED) is 0.861. The fourth-order valence-corrected chi connectivity index (χ4v) is 2.53. The number of H-pyrrole nitrogens is 1. The molecule has 0 aliphatic carbocycles. The molecule has 1 amide bonds. The highest BCUT2D eigenvalue weighted by atomic mass is 16.2. The molecule has 2 heterocycles. The predicted octanol–water partition coefficient (Wildman–Crippen LogP) is 1.96. The Hall–Kier alpha value is -1.52. The van der Waals surface area contributed by atoms with Gasteiger partial charge in [0.25, 0.3) is 5.91 Å². The summed E-state index contributed by atoms with van der Waals surface area (Å²) in [4.78, 5) is 14.3. The molecule has 100 valence electrons. The van der Waals surface area contributed by atoms with E-state index in [0.717, 1.165) is 37.9 Å². The summed E-state index contributed by atoms with van der Waals surface area (Å²) in [5.74, 6) is -0.0293. The zero-order chi connectivity index (χ0) is 13.1. The van der Waals surface area contributed by atoms with Crippen molar-refractivity contribution in [2.75, 3.05) is 12.3 Å². The molecule has 1 unspecified atom stereocenters. The van der Waals surface area contributed by atoms with E-state index in [0.29, 0.717) is 11.4 Å². The van der Waals surface area contributed by atoms with Crippen molar-refractivity contribution in [3.63, 3.8) is 0 Å². The minimum Gasteiger partial charge on any atom is -0.395 e. The maximum Gasteiger partial charge on any atom is 0.276 e. The lowest BCUT2D eigenvalue weighted by Crippen LogP contribution is -2.42. The topological polar surface area (TPSA) is 75.0 Å². The maximum atomic E-state index is 12.4. The lowest BCUT2D eigenvalue weighted by Gasteiger charge is -2.32. The van der Waals surface area contributed by atoms with Gasteiger partial charge in [-0.05, 0) is 32.6 Å². The molecule has 0 bridgehead atoms. The summed E-state index contributed by atoms with van der Waals surface area (Å²) in [6.07, 6.45) is 5.16. The van der Waals surface area contributed by atoms with Crippen molar-refractivity contribution in [1.29, 1.82) is 0 Å². The molecule has 0 saturated carbocycles. The largest absolute Gasteiger partial charge is 0.395 e. The number of aryl methyl sites for hydroxylation is 1. The zero-order valence-electron chi connectivity index (χ0n) is 11.2. The number of amides is 1. The van der Waals surface area contributed by atoms with Crippen LogP contribution < -0.4 is 5.73 Å². The molecular formula is C13H22N4O. The molecule has 3 N–H and O–H groups in total. The SMILES string of the molecule is CCCc1[nH]nc(C(=O)N2CCCCC2C)c1N. The number of carbonyl (C=O) groups excluding carboxylic acids is 1. The van der Waals surface area contributed by atoms with Crippen molar-refractivity contribution in [3.05, 3.63) is 11.4 Å². The van der Waals surface area contributed by atoms with Crippen molar-refractivity contribution >= 4 is 11.6 Å². The molecule has 18 heavy (non-hydrogen) atoms. The zero-order valence-corrected chi connectivity index (χ0v) is 11.2. The van der Waals surface area contributed by atoms with Crippen LogP contribution in [0.2, 0.25) is 0 Å². The Labute approximate surface area is 108 Å². The average molecular weight is 250 g/mol. The van der Waals surface area contributed by atoms with Crippen LogP contribution in [0.1, 0.15) is 55.7 Å². The third-order valence-corrected chi connectivity index (χ3v) is 3.65. The Morgan fingerprint density at radius 2 is 2.33 bits per heavy atom. The number of likely N-dealkylation sites (tertiary alicyclic amines) is 1. The van der Waals surface area contributed by atoms with E-state index in [2.05, 4.69) is 24.0 Å². The smallest absolute Gasteiger partial charge is 0.276 e. The third-order valence-electron chi connectivity index (χ3n) is 3.65. The molecule has 1 aromatic rings. The first-order valence-corrected chi connectivity index (χ1v) is 6.78. The van der Waals surface area contributed by atoms with Gasteiger partial charge in [0.2, 0.25) is 0 Å². The summed E-state index contributed by atoms with van der Waals surface area (Å²) in [5.41, 5.74) is 7.80. The highest BCUT2D eigenvalue weighted by Crippen LogP contribution is 2.22. The van der Waals surface area contributed by atoms with E-state index in [4.69, 9.17) is 5.73 Å². The first kappa shape index (κ1) is 12.9. The standard InChI is InChI=1S/C13H22N4O/c1-3-6-10-11(14)12(16-15-10)13(18)17-8-5-4-7-9(17)2/h9H,3-8,14H2,1-2H3,(H,15,16). The van der Waals surface area contributed by atoms with Gasteiger partial charge >= 0.3 is 0 Å². The molecule has 1 aliphatic rings. The van der Waals surface area contributed by atoms with Crippen LogP contribution in [-0.4, -0.2) is 33.6 Å². The number of nitrogens with one attached hydrogen (secondary N) is 1. The minimum atomic E-state index is -0.0293. The van der Waals surface area contributed by atoms with Crippen molar-refractivity contribution in [2.45, 2.75) is 52.0 Å². The number of carbonyl (C=O) groups is 1. The summed E-state index contributed by atoms with van der Waals surface area (Å²) in [5, 5.41) is 6.99. The number of nitrogen functional groups attached to an aromatic ring is 1. The lowest BCUT2D eigenvalue weighted by atomic mass is 10.0. The highest BCUT2D eigenvalue weighted by Gasteiger charge is 2.27. The summed E-state index contributed by atoms with van der Waals surface area (Å²) < 4.78 is 0. The van der Waals surface area contributed by atoms with Crippen molar-refractivity contribution in [1.82, 2.24) is 15.1 Å². The molecule has 5 heteroatoms. The summed E-state index contributed by atoms with van der Waals surface area (Å²) in [7, 11) is 0. The van der Waals surface area contributed by atoms with E-state index < -0.39 is 0 Å². The van der Waals surface area contributed by atoms with Crippen molar-refractivity contribution < 1.29 is 4.79 Å². The van der Waals surface area contributed by atoms with E-state index in [9.17, 15) is 4.79 Å². The molecule has 1 aliphatic heterocycles. The van der Waals surface area contributed by atoms with Gasteiger partial charge < -0.3 is 10.6 Å². The van der Waals surface area contributed by atoms with E-state index >= 15 is 0 Å². The molecule has 0 radical (unpaired) electrons. The maximum absolute atomic E-state index is 12.4. The second-order valence-electron chi connectivity index (χ2n) is 5.06. The van der Waals surface area contributed by atoms with Gasteiger partial charge in [-0.15, -0.1) is 0 Å². The van der Waals surface area contributed by atoms with Crippen LogP contribution >= 0.6 is 0 Å². The van der Waals surface area contributed by atoms with Gasteiger partial charge in [-0.25, -0.2) is 0 Å². The molecule has 1 aromatic heterocycles. The van der Waals surface area contributed by atoms with Gasteiger partial charge in [0.05, 0.1) is 11.4 Å². The van der Waals surface area contributed by atoms with Crippen molar-refractivity contribution in [3.8, 4) is 0 Å². The number of piperidine rings is 1. The Bertz CT molecular complexity index is 427. The van der Waals surface area contributed by atoms with E-state index in [1.807, 2.05) is 4.90 Å². The van der Waals surface area contributed by atoms with Gasteiger partial charge in [-0.1, -0.05) is 13.3 Å². The number of nitrogens with two attached hydrogens (primary N) is 1. The Morgan fingerprint density at radius 3 is 3.00 bits per heavy atom.